The summed E-state index contributed by atoms with van der Waals surface area (Å²) in [7, 11) is 5.58. The Bertz CT molecular complexity index is 708. The molecular weight excluding hydrogens is 480 g/mol. The maximum atomic E-state index is 13.1. The number of aliphatic imine (C=N–C) groups is 1. The number of benzene rings is 1. The second-order valence-corrected chi connectivity index (χ2v) is 6.70. The number of hydrogen-bond donors (Lipinski definition) is 2. The number of methoxy groups -OCH3 is 1. The first-order chi connectivity index (χ1) is 12.5. The van der Waals surface area contributed by atoms with E-state index in [0.717, 1.165) is 22.9 Å². The first-order valence-corrected chi connectivity index (χ1v) is 9.33. The van der Waals surface area contributed by atoms with Gasteiger partial charge < -0.3 is 20.3 Å². The molecule has 1 atom stereocenters. The number of ether oxygens (including phenoxy) is 1. The Labute approximate surface area is 181 Å². The normalized spacial score (nSPS) is 12.3. The molecule has 2 aromatic rings. The number of nitrogens with zero attached hydrogens (tertiary/aromatic N) is 3. The van der Waals surface area contributed by atoms with Crippen molar-refractivity contribution in [2.75, 3.05) is 39.2 Å². The van der Waals surface area contributed by atoms with Crippen LogP contribution in [0.4, 0.5) is 9.52 Å². The number of rotatable bonds is 8. The number of nitrogens with one attached hydrogen (secondary N) is 2. The zero-order valence-corrected chi connectivity index (χ0v) is 19.2. The fourth-order valence-electron chi connectivity index (χ4n) is 2.28. The van der Waals surface area contributed by atoms with Gasteiger partial charge in [-0.05, 0) is 24.6 Å². The van der Waals surface area contributed by atoms with Crippen LogP contribution in [0.5, 0.6) is 0 Å². The van der Waals surface area contributed by atoms with Gasteiger partial charge in [0.15, 0.2) is 11.1 Å². The summed E-state index contributed by atoms with van der Waals surface area (Å²) in [5, 5.41) is 9.46. The Kier molecular flexibility index (Phi) is 10.6. The number of halogens is 2. The quantitative estimate of drug-likeness (QED) is 0.326. The largest absolute Gasteiger partial charge is 0.375 e. The van der Waals surface area contributed by atoms with Gasteiger partial charge in [-0.1, -0.05) is 12.1 Å². The molecule has 1 aromatic heterocycles. The zero-order chi connectivity index (χ0) is 18.9. The van der Waals surface area contributed by atoms with Crippen LogP contribution in [0.3, 0.4) is 0 Å². The standard InChI is InChI=1S/C18H26FN5OS.HI/c1-5-20-17(21-10-15-12-26-18(23-15)24(2)3)22-11-16(25-4)13-6-8-14(19)9-7-13;/h6-9,12,16H,5,10-11H2,1-4H3,(H2,20,21,22);1H. The van der Waals surface area contributed by atoms with Crippen molar-refractivity contribution in [3.63, 3.8) is 0 Å². The number of guanidine groups is 1. The van der Waals surface area contributed by atoms with E-state index in [2.05, 4.69) is 20.6 Å². The minimum atomic E-state index is -0.258. The molecule has 6 nitrogen and oxygen atoms in total. The molecule has 0 radical (unpaired) electrons. The van der Waals surface area contributed by atoms with E-state index in [4.69, 9.17) is 4.74 Å². The molecule has 0 saturated carbocycles. The summed E-state index contributed by atoms with van der Waals surface area (Å²) >= 11 is 1.60. The lowest BCUT2D eigenvalue weighted by atomic mass is 10.1. The minimum Gasteiger partial charge on any atom is -0.375 e. The molecular formula is C18H27FIN5OS. The van der Waals surface area contributed by atoms with Gasteiger partial charge in [-0.25, -0.2) is 14.4 Å². The van der Waals surface area contributed by atoms with Gasteiger partial charge >= 0.3 is 0 Å². The molecule has 150 valence electrons. The maximum Gasteiger partial charge on any atom is 0.191 e. The summed E-state index contributed by atoms with van der Waals surface area (Å²) in [4.78, 5) is 11.1. The predicted octanol–water partition coefficient (Wildman–Crippen LogP) is 3.41. The van der Waals surface area contributed by atoms with Crippen molar-refractivity contribution < 1.29 is 9.13 Å². The van der Waals surface area contributed by atoms with Gasteiger partial charge in [-0.15, -0.1) is 35.3 Å². The van der Waals surface area contributed by atoms with Crippen LogP contribution in [0.15, 0.2) is 34.6 Å². The highest BCUT2D eigenvalue weighted by Crippen LogP contribution is 2.18. The lowest BCUT2D eigenvalue weighted by molar-refractivity contribution is 0.106. The van der Waals surface area contributed by atoms with E-state index in [1.54, 1.807) is 30.6 Å². The molecule has 0 bridgehead atoms. The van der Waals surface area contributed by atoms with E-state index in [-0.39, 0.29) is 35.9 Å². The zero-order valence-electron chi connectivity index (χ0n) is 16.0. The molecule has 27 heavy (non-hydrogen) atoms. The van der Waals surface area contributed by atoms with Gasteiger partial charge in [0.25, 0.3) is 0 Å². The third-order valence-electron chi connectivity index (χ3n) is 3.65. The third kappa shape index (κ3) is 7.59. The summed E-state index contributed by atoms with van der Waals surface area (Å²) in [5.74, 6) is 0.433. The summed E-state index contributed by atoms with van der Waals surface area (Å²) in [6.07, 6.45) is -0.195. The third-order valence-corrected chi connectivity index (χ3v) is 4.70. The Morgan fingerprint density at radius 3 is 2.56 bits per heavy atom. The fraction of sp³-hybridized carbons (Fsp3) is 0.444. The van der Waals surface area contributed by atoms with Gasteiger partial charge in [0.2, 0.25) is 0 Å². The highest BCUT2D eigenvalue weighted by atomic mass is 127. The molecule has 2 rings (SSSR count). The van der Waals surface area contributed by atoms with Crippen LogP contribution in [0.2, 0.25) is 0 Å². The van der Waals surface area contributed by atoms with Crippen molar-refractivity contribution in [3.05, 3.63) is 46.7 Å². The molecule has 0 aliphatic rings. The van der Waals surface area contributed by atoms with Gasteiger partial charge in [0.05, 0.1) is 18.3 Å². The minimum absolute atomic E-state index is 0. The molecule has 1 unspecified atom stereocenters. The van der Waals surface area contributed by atoms with Crippen LogP contribution in [0.1, 0.15) is 24.3 Å². The molecule has 1 heterocycles. The number of hydrogen-bond acceptors (Lipinski definition) is 5. The van der Waals surface area contributed by atoms with Gasteiger partial charge in [0.1, 0.15) is 5.82 Å². The maximum absolute atomic E-state index is 13.1. The van der Waals surface area contributed by atoms with Crippen molar-refractivity contribution in [3.8, 4) is 0 Å². The van der Waals surface area contributed by atoms with Crippen LogP contribution >= 0.6 is 35.3 Å². The lowest BCUT2D eigenvalue weighted by Gasteiger charge is -2.18. The highest BCUT2D eigenvalue weighted by molar-refractivity contribution is 14.0. The summed E-state index contributed by atoms with van der Waals surface area (Å²) < 4.78 is 18.6. The average Bonchev–Trinajstić information content (AvgIpc) is 3.11. The van der Waals surface area contributed by atoms with Crippen molar-refractivity contribution in [2.24, 2.45) is 4.99 Å². The monoisotopic (exact) mass is 507 g/mol. The number of anilines is 1. The average molecular weight is 507 g/mol. The van der Waals surface area contributed by atoms with E-state index in [1.807, 2.05) is 31.3 Å². The highest BCUT2D eigenvalue weighted by Gasteiger charge is 2.11. The number of thiazole rings is 1. The van der Waals surface area contributed by atoms with E-state index in [9.17, 15) is 4.39 Å². The first kappa shape index (κ1) is 23.6. The molecule has 1 aromatic carbocycles. The summed E-state index contributed by atoms with van der Waals surface area (Å²) in [6, 6.07) is 6.33. The van der Waals surface area contributed by atoms with Crippen LogP contribution < -0.4 is 15.5 Å². The van der Waals surface area contributed by atoms with Gasteiger partial charge in [0, 0.05) is 39.7 Å². The second kappa shape index (κ2) is 12.1. The van der Waals surface area contributed by atoms with Gasteiger partial charge in [-0.2, -0.15) is 0 Å². The van der Waals surface area contributed by atoms with Gasteiger partial charge in [-0.3, -0.25) is 0 Å². The molecule has 2 N–H and O–H groups in total. The van der Waals surface area contributed by atoms with E-state index in [1.165, 1.54) is 12.1 Å². The van der Waals surface area contributed by atoms with E-state index < -0.39 is 0 Å². The molecule has 0 amide bonds. The molecule has 0 spiro atoms. The number of aromatic nitrogens is 1. The molecule has 9 heteroatoms. The van der Waals surface area contributed by atoms with Crippen molar-refractivity contribution >= 4 is 46.4 Å². The molecule has 0 fully saturated rings. The first-order valence-electron chi connectivity index (χ1n) is 8.45. The van der Waals surface area contributed by atoms with Crippen LogP contribution in [0.25, 0.3) is 0 Å². The Morgan fingerprint density at radius 2 is 2.00 bits per heavy atom. The van der Waals surface area contributed by atoms with Crippen LogP contribution in [-0.4, -0.2) is 45.2 Å². The van der Waals surface area contributed by atoms with Crippen molar-refractivity contribution in [1.29, 1.82) is 0 Å². The van der Waals surface area contributed by atoms with Crippen molar-refractivity contribution in [2.45, 2.75) is 19.6 Å². The van der Waals surface area contributed by atoms with E-state index >= 15 is 0 Å². The fourth-order valence-corrected chi connectivity index (χ4v) is 3.03. The van der Waals surface area contributed by atoms with Crippen LogP contribution in [0, 0.1) is 5.82 Å². The van der Waals surface area contributed by atoms with Crippen molar-refractivity contribution in [1.82, 2.24) is 15.6 Å². The topological polar surface area (TPSA) is 61.8 Å². The predicted molar refractivity (Wildman–Crippen MR) is 121 cm³/mol. The SMILES string of the molecule is CCNC(=NCc1csc(N(C)C)n1)NCC(OC)c1ccc(F)cc1.I. The Balaban J connectivity index is 0.00000364. The summed E-state index contributed by atoms with van der Waals surface area (Å²) in [6.45, 7) is 3.78. The molecule has 0 aliphatic heterocycles. The lowest BCUT2D eigenvalue weighted by Crippen LogP contribution is -2.39. The summed E-state index contributed by atoms with van der Waals surface area (Å²) in [5.41, 5.74) is 1.84. The molecule has 0 saturated heterocycles. The smallest absolute Gasteiger partial charge is 0.191 e. The Hall–Kier alpha value is -1.46. The van der Waals surface area contributed by atoms with Crippen LogP contribution in [-0.2, 0) is 11.3 Å². The Morgan fingerprint density at radius 1 is 1.30 bits per heavy atom. The van der Waals surface area contributed by atoms with E-state index in [0.29, 0.717) is 19.0 Å². The second-order valence-electron chi connectivity index (χ2n) is 5.87. The molecule has 0 aliphatic carbocycles.